The minimum atomic E-state index is -0.197. The molecule has 1 aliphatic rings. The van der Waals surface area contributed by atoms with Gasteiger partial charge in [0, 0.05) is 45.0 Å². The molecule has 136 valence electrons. The van der Waals surface area contributed by atoms with Crippen molar-refractivity contribution in [3.8, 4) is 5.82 Å². The molecule has 1 aromatic carbocycles. The molecular formula is C18H22FN7. The van der Waals surface area contributed by atoms with Crippen LogP contribution in [0.15, 0.2) is 36.7 Å². The summed E-state index contributed by atoms with van der Waals surface area (Å²) in [5.74, 6) is 1.67. The Bertz CT molecular complexity index is 875. The number of piperazine rings is 1. The lowest BCUT2D eigenvalue weighted by molar-refractivity contribution is 0.242. The van der Waals surface area contributed by atoms with E-state index < -0.39 is 0 Å². The van der Waals surface area contributed by atoms with Crippen molar-refractivity contribution in [1.82, 2.24) is 29.4 Å². The summed E-state index contributed by atoms with van der Waals surface area (Å²) in [7, 11) is 1.92. The molecule has 0 amide bonds. The van der Waals surface area contributed by atoms with Gasteiger partial charge in [-0.3, -0.25) is 14.1 Å². The van der Waals surface area contributed by atoms with Gasteiger partial charge in [0.05, 0.1) is 12.2 Å². The zero-order valence-corrected chi connectivity index (χ0v) is 15.0. The predicted molar refractivity (Wildman–Crippen MR) is 96.8 cm³/mol. The van der Waals surface area contributed by atoms with E-state index in [0.717, 1.165) is 55.7 Å². The quantitative estimate of drug-likeness (QED) is 0.714. The maximum Gasteiger partial charge on any atom is 0.152 e. The van der Waals surface area contributed by atoms with Crippen molar-refractivity contribution in [3.05, 3.63) is 54.0 Å². The second-order valence-electron chi connectivity index (χ2n) is 6.62. The molecule has 0 radical (unpaired) electrons. The molecule has 0 N–H and O–H groups in total. The molecule has 4 rings (SSSR count). The number of hydrogen-bond donors (Lipinski definition) is 0. The first-order valence-corrected chi connectivity index (χ1v) is 8.73. The van der Waals surface area contributed by atoms with Gasteiger partial charge >= 0.3 is 0 Å². The second kappa shape index (κ2) is 6.87. The molecule has 3 heterocycles. The van der Waals surface area contributed by atoms with Crippen molar-refractivity contribution < 1.29 is 4.39 Å². The molecule has 26 heavy (non-hydrogen) atoms. The highest BCUT2D eigenvalue weighted by Crippen LogP contribution is 2.18. The number of halogens is 1. The smallest absolute Gasteiger partial charge is 0.152 e. The van der Waals surface area contributed by atoms with Gasteiger partial charge in [-0.2, -0.15) is 5.10 Å². The summed E-state index contributed by atoms with van der Waals surface area (Å²) in [4.78, 5) is 4.65. The average molecular weight is 355 g/mol. The maximum absolute atomic E-state index is 13.1. The summed E-state index contributed by atoms with van der Waals surface area (Å²) in [5.41, 5.74) is 2.04. The Morgan fingerprint density at radius 2 is 1.81 bits per heavy atom. The molecule has 3 aromatic rings. The van der Waals surface area contributed by atoms with E-state index in [2.05, 4.69) is 25.1 Å². The molecule has 0 atom stereocenters. The van der Waals surface area contributed by atoms with Gasteiger partial charge in [-0.05, 0) is 31.2 Å². The fourth-order valence-electron chi connectivity index (χ4n) is 3.40. The first kappa shape index (κ1) is 16.7. The van der Waals surface area contributed by atoms with Crippen molar-refractivity contribution >= 4 is 5.69 Å². The Kier molecular flexibility index (Phi) is 4.42. The van der Waals surface area contributed by atoms with E-state index in [4.69, 9.17) is 0 Å². The highest BCUT2D eigenvalue weighted by Gasteiger charge is 2.20. The molecule has 2 aromatic heterocycles. The van der Waals surface area contributed by atoms with E-state index in [-0.39, 0.29) is 5.82 Å². The van der Waals surface area contributed by atoms with Gasteiger partial charge in [-0.1, -0.05) is 0 Å². The van der Waals surface area contributed by atoms with Crippen LogP contribution in [-0.2, 0) is 13.6 Å². The fraction of sp³-hybridized carbons (Fsp3) is 0.389. The van der Waals surface area contributed by atoms with E-state index in [0.29, 0.717) is 0 Å². The Balaban J connectivity index is 1.42. The summed E-state index contributed by atoms with van der Waals surface area (Å²) in [5, 5.41) is 12.8. The largest absolute Gasteiger partial charge is 0.369 e. The van der Waals surface area contributed by atoms with Crippen LogP contribution in [0.3, 0.4) is 0 Å². The Morgan fingerprint density at radius 3 is 2.46 bits per heavy atom. The molecular weight excluding hydrogens is 333 g/mol. The van der Waals surface area contributed by atoms with E-state index >= 15 is 0 Å². The lowest BCUT2D eigenvalue weighted by Gasteiger charge is -2.35. The highest BCUT2D eigenvalue weighted by atomic mass is 19.1. The van der Waals surface area contributed by atoms with Crippen molar-refractivity contribution in [2.45, 2.75) is 13.5 Å². The molecule has 1 aliphatic heterocycles. The van der Waals surface area contributed by atoms with Crippen LogP contribution in [0.4, 0.5) is 10.1 Å². The van der Waals surface area contributed by atoms with Crippen LogP contribution in [0.1, 0.15) is 11.5 Å². The average Bonchev–Trinajstić information content (AvgIpc) is 3.22. The van der Waals surface area contributed by atoms with Crippen LogP contribution in [0.25, 0.3) is 5.82 Å². The van der Waals surface area contributed by atoms with E-state index in [1.165, 1.54) is 12.1 Å². The van der Waals surface area contributed by atoms with Gasteiger partial charge < -0.3 is 4.90 Å². The monoisotopic (exact) mass is 355 g/mol. The summed E-state index contributed by atoms with van der Waals surface area (Å²) in [6.45, 7) is 6.38. The van der Waals surface area contributed by atoms with Gasteiger partial charge in [0.25, 0.3) is 0 Å². The molecule has 1 saturated heterocycles. The third kappa shape index (κ3) is 3.32. The van der Waals surface area contributed by atoms with Crippen LogP contribution in [0, 0.1) is 12.7 Å². The van der Waals surface area contributed by atoms with E-state index in [1.54, 1.807) is 6.33 Å². The standard InChI is InChI=1S/C18H22FN7/c1-14-11-18(23(2)22-14)26-13-20-21-17(26)12-24-7-9-25(10-8-24)16-5-3-15(19)4-6-16/h3-6,11,13H,7-10,12H2,1-2H3. The van der Waals surface area contributed by atoms with Gasteiger partial charge in [0.15, 0.2) is 5.82 Å². The minimum Gasteiger partial charge on any atom is -0.369 e. The number of aromatic nitrogens is 5. The van der Waals surface area contributed by atoms with Gasteiger partial charge in [-0.15, -0.1) is 10.2 Å². The van der Waals surface area contributed by atoms with Crippen LogP contribution in [0.2, 0.25) is 0 Å². The van der Waals surface area contributed by atoms with Crippen LogP contribution in [-0.4, -0.2) is 55.6 Å². The minimum absolute atomic E-state index is 0.197. The fourth-order valence-corrected chi connectivity index (χ4v) is 3.40. The number of aryl methyl sites for hydroxylation is 2. The Hall–Kier alpha value is -2.74. The predicted octanol–water partition coefficient (Wildman–Crippen LogP) is 1.77. The third-order valence-electron chi connectivity index (χ3n) is 4.77. The summed E-state index contributed by atoms with van der Waals surface area (Å²) in [6, 6.07) is 8.73. The number of benzene rings is 1. The van der Waals surface area contributed by atoms with Crippen molar-refractivity contribution in [3.63, 3.8) is 0 Å². The zero-order valence-electron chi connectivity index (χ0n) is 15.0. The SMILES string of the molecule is Cc1cc(-n2cnnc2CN2CCN(c3ccc(F)cc3)CC2)n(C)n1. The van der Waals surface area contributed by atoms with Crippen LogP contribution < -0.4 is 4.90 Å². The summed E-state index contributed by atoms with van der Waals surface area (Å²) in [6.07, 6.45) is 1.74. The Morgan fingerprint density at radius 1 is 1.08 bits per heavy atom. The lowest BCUT2D eigenvalue weighted by atomic mass is 10.2. The van der Waals surface area contributed by atoms with Crippen LogP contribution in [0.5, 0.6) is 0 Å². The molecule has 0 spiro atoms. The first-order valence-electron chi connectivity index (χ1n) is 8.73. The normalized spacial score (nSPS) is 15.6. The van der Waals surface area contributed by atoms with Crippen molar-refractivity contribution in [2.75, 3.05) is 31.1 Å². The number of rotatable bonds is 4. The van der Waals surface area contributed by atoms with Gasteiger partial charge in [0.2, 0.25) is 0 Å². The topological polar surface area (TPSA) is 55.0 Å². The van der Waals surface area contributed by atoms with E-state index in [9.17, 15) is 4.39 Å². The molecule has 8 heteroatoms. The van der Waals surface area contributed by atoms with Crippen molar-refractivity contribution in [2.24, 2.45) is 7.05 Å². The summed E-state index contributed by atoms with van der Waals surface area (Å²) < 4.78 is 16.9. The lowest BCUT2D eigenvalue weighted by Crippen LogP contribution is -2.46. The Labute approximate surface area is 151 Å². The van der Waals surface area contributed by atoms with Gasteiger partial charge in [-0.25, -0.2) is 4.39 Å². The number of anilines is 1. The van der Waals surface area contributed by atoms with E-state index in [1.807, 2.05) is 41.4 Å². The number of hydrogen-bond acceptors (Lipinski definition) is 5. The summed E-state index contributed by atoms with van der Waals surface area (Å²) >= 11 is 0. The third-order valence-corrected chi connectivity index (χ3v) is 4.77. The highest BCUT2D eigenvalue weighted by molar-refractivity contribution is 5.46. The second-order valence-corrected chi connectivity index (χ2v) is 6.62. The molecule has 0 bridgehead atoms. The molecule has 0 aliphatic carbocycles. The van der Waals surface area contributed by atoms with Crippen LogP contribution >= 0.6 is 0 Å². The molecule has 0 saturated carbocycles. The first-order chi connectivity index (χ1) is 12.6. The molecule has 0 unspecified atom stereocenters. The maximum atomic E-state index is 13.1. The number of nitrogens with zero attached hydrogens (tertiary/aromatic N) is 7. The van der Waals surface area contributed by atoms with Crippen molar-refractivity contribution in [1.29, 1.82) is 0 Å². The zero-order chi connectivity index (χ0) is 18.1. The van der Waals surface area contributed by atoms with Gasteiger partial charge in [0.1, 0.15) is 18.0 Å². The molecule has 1 fully saturated rings. The molecule has 7 nitrogen and oxygen atoms in total.